The van der Waals surface area contributed by atoms with Crippen LogP contribution < -0.4 is 4.74 Å². The molecule has 0 saturated heterocycles. The zero-order valence-corrected chi connectivity index (χ0v) is 9.22. The molecule has 0 aliphatic heterocycles. The molecule has 0 N–H and O–H groups in total. The summed E-state index contributed by atoms with van der Waals surface area (Å²) in [4.78, 5) is 10.6. The SMILES string of the molecule is COc1c(C)c([N+](=O)[O-])c2c(c1Cl)CC2. The molecule has 1 aromatic carbocycles. The molecule has 2 rings (SSSR count). The smallest absolute Gasteiger partial charge is 0.279 e. The fourth-order valence-electron chi connectivity index (χ4n) is 2.00. The van der Waals surface area contributed by atoms with Crippen LogP contribution in [0.2, 0.25) is 5.02 Å². The molecule has 0 saturated carbocycles. The molecule has 0 fully saturated rings. The lowest BCUT2D eigenvalue weighted by Crippen LogP contribution is -2.14. The van der Waals surface area contributed by atoms with Gasteiger partial charge in [0.1, 0.15) is 5.75 Å². The molecule has 0 heterocycles. The lowest BCUT2D eigenvalue weighted by Gasteiger charge is -2.23. The van der Waals surface area contributed by atoms with Crippen molar-refractivity contribution in [2.24, 2.45) is 0 Å². The Hall–Kier alpha value is -1.29. The van der Waals surface area contributed by atoms with E-state index in [4.69, 9.17) is 16.3 Å². The number of methoxy groups -OCH3 is 1. The van der Waals surface area contributed by atoms with Crippen LogP contribution in [0.25, 0.3) is 0 Å². The zero-order valence-electron chi connectivity index (χ0n) is 8.46. The standard InChI is InChI=1S/C10H10ClNO3/c1-5-9(12(13)14)7-4-3-6(7)8(11)10(5)15-2/h3-4H2,1-2H3. The third-order valence-corrected chi connectivity index (χ3v) is 3.22. The molecule has 0 bridgehead atoms. The van der Waals surface area contributed by atoms with Gasteiger partial charge in [0.25, 0.3) is 5.69 Å². The van der Waals surface area contributed by atoms with Gasteiger partial charge in [0.2, 0.25) is 0 Å². The predicted molar refractivity (Wildman–Crippen MR) is 56.8 cm³/mol. The van der Waals surface area contributed by atoms with Crippen LogP contribution in [0.15, 0.2) is 0 Å². The molecule has 80 valence electrons. The average Bonchev–Trinajstić information content (AvgIpc) is 2.10. The fourth-order valence-corrected chi connectivity index (χ4v) is 2.43. The maximum Gasteiger partial charge on any atom is 0.279 e. The summed E-state index contributed by atoms with van der Waals surface area (Å²) in [5.74, 6) is 0.432. The van der Waals surface area contributed by atoms with E-state index in [1.54, 1.807) is 6.92 Å². The summed E-state index contributed by atoms with van der Waals surface area (Å²) in [5.41, 5.74) is 2.32. The number of nitro benzene ring substituents is 1. The van der Waals surface area contributed by atoms with E-state index >= 15 is 0 Å². The van der Waals surface area contributed by atoms with Crippen molar-refractivity contribution >= 4 is 17.3 Å². The Balaban J connectivity index is 2.76. The lowest BCUT2D eigenvalue weighted by atomic mass is 9.85. The number of nitro groups is 1. The molecule has 4 nitrogen and oxygen atoms in total. The van der Waals surface area contributed by atoms with E-state index < -0.39 is 0 Å². The molecular formula is C10H10ClNO3. The second-order valence-corrected chi connectivity index (χ2v) is 3.91. The van der Waals surface area contributed by atoms with E-state index in [0.717, 1.165) is 24.0 Å². The van der Waals surface area contributed by atoms with Crippen LogP contribution in [0.3, 0.4) is 0 Å². The van der Waals surface area contributed by atoms with Gasteiger partial charge in [-0.15, -0.1) is 0 Å². The zero-order chi connectivity index (χ0) is 11.2. The highest BCUT2D eigenvalue weighted by Crippen LogP contribution is 2.46. The molecular weight excluding hydrogens is 218 g/mol. The molecule has 0 aromatic heterocycles. The van der Waals surface area contributed by atoms with Gasteiger partial charge < -0.3 is 4.74 Å². The first-order chi connectivity index (χ1) is 7.07. The Morgan fingerprint density at radius 3 is 2.40 bits per heavy atom. The number of rotatable bonds is 2. The molecule has 1 aliphatic carbocycles. The fraction of sp³-hybridized carbons (Fsp3) is 0.400. The van der Waals surface area contributed by atoms with Crippen LogP contribution in [0.1, 0.15) is 16.7 Å². The molecule has 1 aliphatic rings. The molecule has 0 radical (unpaired) electrons. The lowest BCUT2D eigenvalue weighted by molar-refractivity contribution is -0.386. The summed E-state index contributed by atoms with van der Waals surface area (Å²) in [7, 11) is 1.48. The van der Waals surface area contributed by atoms with E-state index in [1.807, 2.05) is 0 Å². The average molecular weight is 228 g/mol. The van der Waals surface area contributed by atoms with Crippen molar-refractivity contribution in [3.05, 3.63) is 31.8 Å². The maximum absolute atomic E-state index is 10.9. The molecule has 15 heavy (non-hydrogen) atoms. The van der Waals surface area contributed by atoms with E-state index in [2.05, 4.69) is 0 Å². The van der Waals surface area contributed by atoms with Crippen LogP contribution in [0.4, 0.5) is 5.69 Å². The second-order valence-electron chi connectivity index (χ2n) is 3.54. The summed E-state index contributed by atoms with van der Waals surface area (Å²) < 4.78 is 5.10. The first kappa shape index (κ1) is 10.2. The van der Waals surface area contributed by atoms with Crippen LogP contribution in [0, 0.1) is 17.0 Å². The monoisotopic (exact) mass is 227 g/mol. The first-order valence-electron chi connectivity index (χ1n) is 4.60. The number of nitrogens with zero attached hydrogens (tertiary/aromatic N) is 1. The van der Waals surface area contributed by atoms with Crippen molar-refractivity contribution < 1.29 is 9.66 Å². The summed E-state index contributed by atoms with van der Waals surface area (Å²) in [6.45, 7) is 1.67. The quantitative estimate of drug-likeness (QED) is 0.577. The van der Waals surface area contributed by atoms with Gasteiger partial charge in [-0.3, -0.25) is 10.1 Å². The highest BCUT2D eigenvalue weighted by Gasteiger charge is 2.32. The third-order valence-electron chi connectivity index (χ3n) is 2.82. The second kappa shape index (κ2) is 3.38. The van der Waals surface area contributed by atoms with Crippen molar-refractivity contribution in [1.82, 2.24) is 0 Å². The Bertz CT molecular complexity index is 457. The number of benzene rings is 1. The minimum Gasteiger partial charge on any atom is -0.495 e. The van der Waals surface area contributed by atoms with Crippen molar-refractivity contribution in [2.45, 2.75) is 19.8 Å². The normalized spacial score (nSPS) is 13.0. The van der Waals surface area contributed by atoms with Crippen LogP contribution in [0.5, 0.6) is 5.75 Å². The van der Waals surface area contributed by atoms with Crippen LogP contribution in [-0.2, 0) is 12.8 Å². The van der Waals surface area contributed by atoms with Crippen molar-refractivity contribution in [2.75, 3.05) is 7.11 Å². The molecule has 1 aromatic rings. The Labute approximate surface area is 92.0 Å². The molecule has 0 unspecified atom stereocenters. The van der Waals surface area contributed by atoms with E-state index in [1.165, 1.54) is 7.11 Å². The van der Waals surface area contributed by atoms with E-state index in [-0.39, 0.29) is 10.6 Å². The van der Waals surface area contributed by atoms with Crippen molar-refractivity contribution in [1.29, 1.82) is 0 Å². The summed E-state index contributed by atoms with van der Waals surface area (Å²) in [6, 6.07) is 0. The summed E-state index contributed by atoms with van der Waals surface area (Å²) >= 11 is 6.08. The molecule has 0 spiro atoms. The number of fused-ring (bicyclic) bond motifs is 1. The molecule has 0 amide bonds. The molecule has 5 heteroatoms. The first-order valence-corrected chi connectivity index (χ1v) is 4.98. The van der Waals surface area contributed by atoms with Gasteiger partial charge in [-0.1, -0.05) is 11.6 Å². The molecule has 0 atom stereocenters. The van der Waals surface area contributed by atoms with Crippen molar-refractivity contribution in [3.63, 3.8) is 0 Å². The van der Waals surface area contributed by atoms with Gasteiger partial charge in [-0.25, -0.2) is 0 Å². The van der Waals surface area contributed by atoms with Gasteiger partial charge in [0.05, 0.1) is 22.6 Å². The van der Waals surface area contributed by atoms with Gasteiger partial charge >= 0.3 is 0 Å². The van der Waals surface area contributed by atoms with Crippen LogP contribution in [-0.4, -0.2) is 12.0 Å². The Morgan fingerprint density at radius 2 is 2.00 bits per heavy atom. The highest BCUT2D eigenvalue weighted by atomic mass is 35.5. The number of ether oxygens (including phenoxy) is 1. The highest BCUT2D eigenvalue weighted by molar-refractivity contribution is 6.33. The summed E-state index contributed by atoms with van der Waals surface area (Å²) in [5, 5.41) is 11.4. The van der Waals surface area contributed by atoms with Gasteiger partial charge in [0.15, 0.2) is 0 Å². The van der Waals surface area contributed by atoms with Gasteiger partial charge in [-0.05, 0) is 25.3 Å². The Kier molecular flexibility index (Phi) is 2.31. The third kappa shape index (κ3) is 1.28. The minimum absolute atomic E-state index is 0.164. The van der Waals surface area contributed by atoms with Gasteiger partial charge in [0, 0.05) is 5.56 Å². The number of hydrogen-bond donors (Lipinski definition) is 0. The van der Waals surface area contributed by atoms with Crippen molar-refractivity contribution in [3.8, 4) is 5.75 Å². The number of hydrogen-bond acceptors (Lipinski definition) is 3. The maximum atomic E-state index is 10.9. The van der Waals surface area contributed by atoms with Crippen LogP contribution >= 0.6 is 11.6 Å². The summed E-state index contributed by atoms with van der Waals surface area (Å²) in [6.07, 6.45) is 1.53. The van der Waals surface area contributed by atoms with Gasteiger partial charge in [-0.2, -0.15) is 0 Å². The van der Waals surface area contributed by atoms with E-state index in [0.29, 0.717) is 16.3 Å². The largest absolute Gasteiger partial charge is 0.495 e. The predicted octanol–water partition coefficient (Wildman–Crippen LogP) is 2.66. The number of halogens is 1. The topological polar surface area (TPSA) is 52.4 Å². The van der Waals surface area contributed by atoms with E-state index in [9.17, 15) is 10.1 Å². The minimum atomic E-state index is -0.355. The Morgan fingerprint density at radius 1 is 1.40 bits per heavy atom.